The number of hydrogen-bond donors (Lipinski definition) is 2. The number of carbonyl (C=O) groups excluding carboxylic acids is 1. The molecule has 0 radical (unpaired) electrons. The van der Waals surface area contributed by atoms with Crippen LogP contribution in [0, 0.1) is 6.92 Å². The second-order valence-electron chi connectivity index (χ2n) is 4.54. The summed E-state index contributed by atoms with van der Waals surface area (Å²) < 4.78 is 5.05. The molecule has 0 aliphatic rings. The first-order chi connectivity index (χ1) is 10.0. The number of rotatable bonds is 4. The average molecular weight is 285 g/mol. The van der Waals surface area contributed by atoms with E-state index >= 15 is 0 Å². The van der Waals surface area contributed by atoms with E-state index < -0.39 is 5.97 Å². The number of amides is 1. The van der Waals surface area contributed by atoms with Crippen molar-refractivity contribution in [1.29, 1.82) is 0 Å². The molecule has 0 aromatic heterocycles. The molecule has 2 N–H and O–H groups in total. The van der Waals surface area contributed by atoms with Crippen molar-refractivity contribution < 1.29 is 19.4 Å². The molecule has 0 fully saturated rings. The number of aromatic carboxylic acids is 1. The van der Waals surface area contributed by atoms with Gasteiger partial charge in [0.1, 0.15) is 5.75 Å². The predicted octanol–water partition coefficient (Wildman–Crippen LogP) is 2.95. The Morgan fingerprint density at radius 3 is 2.33 bits per heavy atom. The van der Waals surface area contributed by atoms with Crippen LogP contribution in [-0.2, 0) is 0 Å². The summed E-state index contributed by atoms with van der Waals surface area (Å²) in [7, 11) is 1.47. The van der Waals surface area contributed by atoms with Gasteiger partial charge in [-0.05, 0) is 31.2 Å². The molecule has 21 heavy (non-hydrogen) atoms. The summed E-state index contributed by atoms with van der Waals surface area (Å²) in [6.07, 6.45) is 0. The van der Waals surface area contributed by atoms with Gasteiger partial charge in [0.05, 0.1) is 18.4 Å². The van der Waals surface area contributed by atoms with E-state index in [0.717, 1.165) is 5.56 Å². The molecule has 2 rings (SSSR count). The van der Waals surface area contributed by atoms with E-state index in [1.165, 1.54) is 25.3 Å². The number of anilines is 1. The first-order valence-electron chi connectivity index (χ1n) is 6.30. The van der Waals surface area contributed by atoms with Crippen molar-refractivity contribution in [2.45, 2.75) is 6.92 Å². The van der Waals surface area contributed by atoms with Gasteiger partial charge >= 0.3 is 5.97 Å². The molecule has 0 bridgehead atoms. The van der Waals surface area contributed by atoms with Crippen LogP contribution in [0.2, 0.25) is 0 Å². The molecule has 0 aliphatic heterocycles. The normalized spacial score (nSPS) is 10.0. The molecular weight excluding hydrogens is 270 g/mol. The van der Waals surface area contributed by atoms with Gasteiger partial charge in [0.2, 0.25) is 0 Å². The lowest BCUT2D eigenvalue weighted by Gasteiger charge is -2.10. The van der Waals surface area contributed by atoms with Crippen LogP contribution in [0.4, 0.5) is 5.69 Å². The first-order valence-corrected chi connectivity index (χ1v) is 6.30. The Balaban J connectivity index is 2.31. The van der Waals surface area contributed by atoms with Crippen molar-refractivity contribution in [3.63, 3.8) is 0 Å². The fraction of sp³-hybridized carbons (Fsp3) is 0.125. The highest BCUT2D eigenvalue weighted by molar-refractivity contribution is 6.07. The Hall–Kier alpha value is -2.82. The standard InChI is InChI=1S/C16H15NO4/c1-10-3-5-11(6-4-10)15(18)17-14-9-12(21-2)7-8-13(14)16(19)20/h3-9H,1-2H3,(H,17,18)(H,19,20). The van der Waals surface area contributed by atoms with Crippen LogP contribution in [0.5, 0.6) is 5.75 Å². The van der Waals surface area contributed by atoms with E-state index in [4.69, 9.17) is 9.84 Å². The van der Waals surface area contributed by atoms with E-state index in [9.17, 15) is 9.59 Å². The van der Waals surface area contributed by atoms with Gasteiger partial charge in [0.25, 0.3) is 5.91 Å². The molecule has 0 unspecified atom stereocenters. The largest absolute Gasteiger partial charge is 0.497 e. The Morgan fingerprint density at radius 2 is 1.76 bits per heavy atom. The van der Waals surface area contributed by atoms with Crippen molar-refractivity contribution in [3.8, 4) is 5.75 Å². The van der Waals surface area contributed by atoms with Gasteiger partial charge in [-0.1, -0.05) is 17.7 Å². The molecule has 0 heterocycles. The Morgan fingerprint density at radius 1 is 1.10 bits per heavy atom. The molecular formula is C16H15NO4. The Bertz CT molecular complexity index is 677. The molecule has 0 saturated carbocycles. The quantitative estimate of drug-likeness (QED) is 0.905. The number of methoxy groups -OCH3 is 1. The third-order valence-corrected chi connectivity index (χ3v) is 3.02. The van der Waals surface area contributed by atoms with Crippen LogP contribution in [0.25, 0.3) is 0 Å². The fourth-order valence-corrected chi connectivity index (χ4v) is 1.84. The van der Waals surface area contributed by atoms with E-state index in [1.54, 1.807) is 12.1 Å². The molecule has 0 spiro atoms. The highest BCUT2D eigenvalue weighted by Gasteiger charge is 2.14. The van der Waals surface area contributed by atoms with Gasteiger partial charge in [-0.25, -0.2) is 4.79 Å². The lowest BCUT2D eigenvalue weighted by molar-refractivity contribution is 0.0698. The van der Waals surface area contributed by atoms with Gasteiger partial charge in [0.15, 0.2) is 0 Å². The monoisotopic (exact) mass is 285 g/mol. The first kappa shape index (κ1) is 14.6. The van der Waals surface area contributed by atoms with Crippen LogP contribution >= 0.6 is 0 Å². The van der Waals surface area contributed by atoms with Crippen LogP contribution in [0.3, 0.4) is 0 Å². The summed E-state index contributed by atoms with van der Waals surface area (Å²) in [5.74, 6) is -1.01. The molecule has 2 aromatic rings. The van der Waals surface area contributed by atoms with E-state index in [2.05, 4.69) is 5.32 Å². The minimum Gasteiger partial charge on any atom is -0.497 e. The zero-order valence-electron chi connectivity index (χ0n) is 11.7. The van der Waals surface area contributed by atoms with Crippen molar-refractivity contribution in [2.24, 2.45) is 0 Å². The molecule has 0 atom stereocenters. The predicted molar refractivity (Wildman–Crippen MR) is 79.1 cm³/mol. The lowest BCUT2D eigenvalue weighted by atomic mass is 10.1. The molecule has 0 aliphatic carbocycles. The molecule has 1 amide bonds. The topological polar surface area (TPSA) is 75.6 Å². The summed E-state index contributed by atoms with van der Waals surface area (Å²) in [5, 5.41) is 11.8. The van der Waals surface area contributed by atoms with E-state index in [1.807, 2.05) is 19.1 Å². The molecule has 2 aromatic carbocycles. The molecule has 0 saturated heterocycles. The number of nitrogens with one attached hydrogen (secondary N) is 1. The maximum absolute atomic E-state index is 12.2. The van der Waals surface area contributed by atoms with E-state index in [-0.39, 0.29) is 17.2 Å². The van der Waals surface area contributed by atoms with Crippen molar-refractivity contribution in [3.05, 3.63) is 59.2 Å². The number of ether oxygens (including phenoxy) is 1. The molecule has 108 valence electrons. The average Bonchev–Trinajstić information content (AvgIpc) is 2.47. The summed E-state index contributed by atoms with van der Waals surface area (Å²) >= 11 is 0. The van der Waals surface area contributed by atoms with Gasteiger partial charge < -0.3 is 15.2 Å². The summed E-state index contributed by atoms with van der Waals surface area (Å²) in [4.78, 5) is 23.3. The number of aryl methyl sites for hydroxylation is 1. The minimum atomic E-state index is -1.11. The van der Waals surface area contributed by atoms with Gasteiger partial charge in [-0.2, -0.15) is 0 Å². The highest BCUT2D eigenvalue weighted by Crippen LogP contribution is 2.23. The number of carboxylic acids is 1. The summed E-state index contributed by atoms with van der Waals surface area (Å²) in [5.41, 5.74) is 1.71. The van der Waals surface area contributed by atoms with Gasteiger partial charge in [-0.15, -0.1) is 0 Å². The van der Waals surface area contributed by atoms with Gasteiger partial charge in [0, 0.05) is 11.6 Å². The maximum Gasteiger partial charge on any atom is 0.337 e. The third-order valence-electron chi connectivity index (χ3n) is 3.02. The summed E-state index contributed by atoms with van der Waals surface area (Å²) in [6, 6.07) is 11.4. The van der Waals surface area contributed by atoms with Crippen molar-refractivity contribution >= 4 is 17.6 Å². The second-order valence-corrected chi connectivity index (χ2v) is 4.54. The number of carboxylic acid groups (broad SMARTS) is 1. The number of carbonyl (C=O) groups is 2. The van der Waals surface area contributed by atoms with Crippen LogP contribution in [0.15, 0.2) is 42.5 Å². The Kier molecular flexibility index (Phi) is 4.23. The molecule has 5 heteroatoms. The minimum absolute atomic E-state index is 0.0104. The summed E-state index contributed by atoms with van der Waals surface area (Å²) in [6.45, 7) is 1.92. The third kappa shape index (κ3) is 3.39. The van der Waals surface area contributed by atoms with Gasteiger partial charge in [-0.3, -0.25) is 4.79 Å². The van der Waals surface area contributed by atoms with E-state index in [0.29, 0.717) is 11.3 Å². The highest BCUT2D eigenvalue weighted by atomic mass is 16.5. The number of benzene rings is 2. The smallest absolute Gasteiger partial charge is 0.337 e. The maximum atomic E-state index is 12.2. The lowest BCUT2D eigenvalue weighted by Crippen LogP contribution is -2.15. The molecule has 5 nitrogen and oxygen atoms in total. The van der Waals surface area contributed by atoms with Crippen LogP contribution < -0.4 is 10.1 Å². The fourth-order valence-electron chi connectivity index (χ4n) is 1.84. The van der Waals surface area contributed by atoms with Crippen molar-refractivity contribution in [2.75, 3.05) is 12.4 Å². The SMILES string of the molecule is COc1ccc(C(=O)O)c(NC(=O)c2ccc(C)cc2)c1. The second kappa shape index (κ2) is 6.09. The van der Waals surface area contributed by atoms with Crippen LogP contribution in [0.1, 0.15) is 26.3 Å². The van der Waals surface area contributed by atoms with Crippen molar-refractivity contribution in [1.82, 2.24) is 0 Å². The number of hydrogen-bond acceptors (Lipinski definition) is 3. The zero-order valence-corrected chi connectivity index (χ0v) is 11.7. The zero-order chi connectivity index (χ0) is 15.4. The van der Waals surface area contributed by atoms with Crippen LogP contribution in [-0.4, -0.2) is 24.1 Å². The Labute approximate surface area is 122 Å².